The maximum Gasteiger partial charge on any atom is 0.338 e. The van der Waals surface area contributed by atoms with Crippen LogP contribution in [0.2, 0.25) is 0 Å². The largest absolute Gasteiger partial charge is 0.481 e. The number of allylic oxidation sites excluding steroid dienone is 10. The number of carbonyl (C=O) groups excluding carboxylic acids is 1. The lowest BCUT2D eigenvalue weighted by Crippen LogP contribution is -2.42. The van der Waals surface area contributed by atoms with Crippen LogP contribution in [0.25, 0.3) is 0 Å². The normalized spacial score (nSPS) is 21.6. The topological polar surface area (TPSA) is 228 Å². The first-order valence-corrected chi connectivity index (χ1v) is 16.7. The van der Waals surface area contributed by atoms with Crippen molar-refractivity contribution < 1.29 is 44.4 Å². The molecule has 0 aromatic carbocycles. The Bertz CT molecular complexity index is 2090. The van der Waals surface area contributed by atoms with E-state index in [1.807, 2.05) is 33.8 Å². The van der Waals surface area contributed by atoms with Crippen LogP contribution in [-0.2, 0) is 24.0 Å². The fourth-order valence-corrected chi connectivity index (χ4v) is 7.00. The predicted molar refractivity (Wildman–Crippen MR) is 193 cm³/mol. The minimum atomic E-state index is -1.78. The van der Waals surface area contributed by atoms with E-state index in [0.717, 1.165) is 22.3 Å². The number of carboxylic acid groups (broad SMARTS) is 4. The molecule has 0 spiro atoms. The summed E-state index contributed by atoms with van der Waals surface area (Å²) in [5.74, 6) is -7.41. The van der Waals surface area contributed by atoms with Gasteiger partial charge in [-0.1, -0.05) is 26.5 Å². The van der Waals surface area contributed by atoms with Gasteiger partial charge in [-0.2, -0.15) is 0 Å². The summed E-state index contributed by atoms with van der Waals surface area (Å²) in [6.07, 6.45) is 5.92. The van der Waals surface area contributed by atoms with Gasteiger partial charge < -0.3 is 25.7 Å². The number of carboxylic acids is 4. The molecule has 5 aliphatic rings. The molecule has 14 nitrogen and oxygen atoms in total. The lowest BCUT2D eigenvalue weighted by Gasteiger charge is -2.20. The number of fused-ring (bicyclic) bond motifs is 4. The Morgan fingerprint density at radius 2 is 1.48 bits per heavy atom. The number of nitrogens with zero attached hydrogens (tertiary/aromatic N) is 4. The second kappa shape index (κ2) is 14.7. The third-order valence-corrected chi connectivity index (χ3v) is 9.81. The molecule has 1 amide bonds. The van der Waals surface area contributed by atoms with Gasteiger partial charge in [-0.3, -0.25) is 19.4 Å². The summed E-state index contributed by atoms with van der Waals surface area (Å²) in [7, 11) is 0. The van der Waals surface area contributed by atoms with Gasteiger partial charge in [0.05, 0.1) is 58.3 Å². The number of rotatable bonds is 12. The highest BCUT2D eigenvalue weighted by Crippen LogP contribution is 2.42. The molecule has 0 fully saturated rings. The summed E-state index contributed by atoms with van der Waals surface area (Å²) < 4.78 is 0. The highest BCUT2D eigenvalue weighted by atomic mass is 16.4. The summed E-state index contributed by atoms with van der Waals surface area (Å²) in [5, 5.41) is 41.3. The first-order valence-electron chi connectivity index (χ1n) is 16.7. The fraction of sp³-hybridized carbons (Fsp3) is 0.342. The van der Waals surface area contributed by atoms with Gasteiger partial charge in [-0.05, 0) is 74.1 Å². The van der Waals surface area contributed by atoms with E-state index in [1.165, 1.54) is 0 Å². The summed E-state index contributed by atoms with van der Waals surface area (Å²) in [6, 6.07) is -1.78. The van der Waals surface area contributed by atoms with Crippen molar-refractivity contribution >= 4 is 52.6 Å². The molecule has 270 valence electrons. The predicted octanol–water partition coefficient (Wildman–Crippen LogP) is 4.91. The Kier molecular flexibility index (Phi) is 10.5. The van der Waals surface area contributed by atoms with Gasteiger partial charge in [0, 0.05) is 35.1 Å². The summed E-state index contributed by atoms with van der Waals surface area (Å²) in [6.45, 7) is 13.2. The molecule has 3 atom stereocenters. The van der Waals surface area contributed by atoms with Gasteiger partial charge in [-0.25, -0.2) is 24.6 Å². The molecule has 0 aliphatic carbocycles. The van der Waals surface area contributed by atoms with E-state index in [2.05, 4.69) is 11.9 Å². The zero-order chi connectivity index (χ0) is 38.2. The van der Waals surface area contributed by atoms with E-state index in [9.17, 15) is 44.4 Å². The zero-order valence-corrected chi connectivity index (χ0v) is 29.4. The average Bonchev–Trinajstić information content (AvgIpc) is 3.74. The van der Waals surface area contributed by atoms with Crippen molar-refractivity contribution in [1.29, 1.82) is 0 Å². The van der Waals surface area contributed by atoms with Gasteiger partial charge >= 0.3 is 23.9 Å². The first-order chi connectivity index (χ1) is 24.6. The van der Waals surface area contributed by atoms with Gasteiger partial charge in [0.15, 0.2) is 0 Å². The number of amides is 1. The second-order valence-electron chi connectivity index (χ2n) is 13.0. The minimum Gasteiger partial charge on any atom is -0.481 e. The summed E-state index contributed by atoms with van der Waals surface area (Å²) in [4.78, 5) is 81.1. The Balaban J connectivity index is 1.84. The van der Waals surface area contributed by atoms with Gasteiger partial charge in [0.2, 0.25) is 5.91 Å². The first kappa shape index (κ1) is 37.2. The summed E-state index contributed by atoms with van der Waals surface area (Å²) in [5.41, 5.74) is 6.88. The van der Waals surface area contributed by atoms with Crippen molar-refractivity contribution in [1.82, 2.24) is 5.32 Å². The molecular formula is C38H39N5O9. The van der Waals surface area contributed by atoms with E-state index >= 15 is 0 Å². The lowest BCUT2D eigenvalue weighted by atomic mass is 9.83. The van der Waals surface area contributed by atoms with Crippen molar-refractivity contribution in [2.45, 2.75) is 72.8 Å². The van der Waals surface area contributed by atoms with E-state index in [0.29, 0.717) is 34.9 Å². The Labute approximate surface area is 299 Å². The van der Waals surface area contributed by atoms with Crippen LogP contribution in [0.4, 0.5) is 0 Å². The van der Waals surface area contributed by atoms with Crippen LogP contribution in [0.3, 0.4) is 0 Å². The monoisotopic (exact) mass is 709 g/mol. The number of nitrogens with one attached hydrogen (secondary N) is 1. The number of hydrogen-bond donors (Lipinski definition) is 5. The summed E-state index contributed by atoms with van der Waals surface area (Å²) >= 11 is 0. The highest BCUT2D eigenvalue weighted by molar-refractivity contribution is 6.30. The van der Waals surface area contributed by atoms with Crippen molar-refractivity contribution in [3.05, 3.63) is 92.7 Å². The molecule has 0 unspecified atom stereocenters. The molecule has 0 aromatic heterocycles. The molecule has 14 heteroatoms. The van der Waals surface area contributed by atoms with Crippen LogP contribution in [0.1, 0.15) is 66.7 Å². The van der Waals surface area contributed by atoms with Crippen LogP contribution in [0.15, 0.2) is 113 Å². The van der Waals surface area contributed by atoms with Gasteiger partial charge in [0.1, 0.15) is 6.04 Å². The SMILES string of the molecule is C=CC1=C(C)C2=CC3=NC(=C(CC(=O)N[C@@H](CC(=O)O)C(=O)O)C4=NC(=CC5=NC(=CC1=N2)C(C)=C5CC)C(C)=C4C(=O)O)[C@@H](CCC(=O)O)[C@@H]3C. The second-order valence-corrected chi connectivity index (χ2v) is 13.0. The fourth-order valence-electron chi connectivity index (χ4n) is 7.00. The maximum absolute atomic E-state index is 13.6. The minimum absolute atomic E-state index is 0.0471. The van der Waals surface area contributed by atoms with Crippen LogP contribution >= 0.6 is 0 Å². The van der Waals surface area contributed by atoms with Crippen molar-refractivity contribution in [3.63, 3.8) is 0 Å². The molecule has 5 heterocycles. The smallest absolute Gasteiger partial charge is 0.338 e. The number of hydrogen-bond acceptors (Lipinski definition) is 9. The Hall–Kier alpha value is -6.05. The molecule has 0 aromatic rings. The Morgan fingerprint density at radius 1 is 0.846 bits per heavy atom. The van der Waals surface area contributed by atoms with E-state index in [1.54, 1.807) is 25.2 Å². The third-order valence-electron chi connectivity index (χ3n) is 9.81. The zero-order valence-electron chi connectivity index (χ0n) is 29.4. The standard InChI is InChI=1S/C38H39N5O9/c1-7-20-16(3)24-12-26-18(5)22(9-10-32(45)46)35(42-26)23(11-31(44)41-30(37(49)50)15-33(47)48)36-34(38(51)52)19(6)27(43-36)14-29-21(8-2)17(4)25(40-29)13-28(20)39-24/h7,12-14,18,22,30H,1,8-11,15H2,2-6H3,(H,41,44)(H,45,46)(H,47,48)(H,49,50)(H,51,52)/t18-,22-,30-/m0/s1. The lowest BCUT2D eigenvalue weighted by molar-refractivity contribution is -0.147. The van der Waals surface area contributed by atoms with Crippen molar-refractivity contribution in [3.8, 4) is 0 Å². The highest BCUT2D eigenvalue weighted by Gasteiger charge is 2.39. The number of carbonyl (C=O) groups is 5. The molecular weight excluding hydrogens is 670 g/mol. The van der Waals surface area contributed by atoms with Crippen molar-refractivity contribution in [2.75, 3.05) is 0 Å². The molecule has 0 radical (unpaired) electrons. The van der Waals surface area contributed by atoms with Crippen LogP contribution in [0, 0.1) is 11.8 Å². The number of aliphatic imine (C=N–C) groups is 4. The van der Waals surface area contributed by atoms with E-state index < -0.39 is 60.5 Å². The average molecular weight is 710 g/mol. The quantitative estimate of drug-likeness (QED) is 0.185. The molecule has 8 bridgehead atoms. The molecule has 5 N–H and O–H groups in total. The third kappa shape index (κ3) is 7.09. The van der Waals surface area contributed by atoms with Crippen LogP contribution < -0.4 is 5.32 Å². The molecule has 5 rings (SSSR count). The van der Waals surface area contributed by atoms with E-state index in [4.69, 9.17) is 20.0 Å². The van der Waals surface area contributed by atoms with Crippen LogP contribution in [0.5, 0.6) is 0 Å². The molecule has 5 aliphatic heterocycles. The van der Waals surface area contributed by atoms with Gasteiger partial charge in [-0.15, -0.1) is 0 Å². The number of aliphatic carboxylic acids is 4. The van der Waals surface area contributed by atoms with Crippen LogP contribution in [-0.4, -0.2) is 79.1 Å². The molecule has 52 heavy (non-hydrogen) atoms. The molecule has 0 saturated heterocycles. The van der Waals surface area contributed by atoms with Crippen molar-refractivity contribution in [2.24, 2.45) is 31.8 Å². The van der Waals surface area contributed by atoms with Gasteiger partial charge in [0.25, 0.3) is 0 Å². The maximum atomic E-state index is 13.6. The van der Waals surface area contributed by atoms with E-state index in [-0.39, 0.29) is 46.7 Å². The molecule has 0 saturated carbocycles. The Morgan fingerprint density at radius 3 is 2.08 bits per heavy atom.